The van der Waals surface area contributed by atoms with Crippen LogP contribution in [0.1, 0.15) is 11.5 Å². The number of aryl methyl sites for hydroxylation is 1. The van der Waals surface area contributed by atoms with Crippen LogP contribution in [0.25, 0.3) is 0 Å². The first kappa shape index (κ1) is 8.77. The molecule has 2 aromatic heterocycles. The van der Waals surface area contributed by atoms with Crippen LogP contribution in [0.15, 0.2) is 26.5 Å². The van der Waals surface area contributed by atoms with E-state index in [2.05, 4.69) is 10.1 Å². The zero-order chi connectivity index (χ0) is 9.10. The monoisotopic (exact) mass is 212 g/mol. The highest BCUT2D eigenvalue weighted by Gasteiger charge is 2.02. The van der Waals surface area contributed by atoms with Gasteiger partial charge in [-0.3, -0.25) is 0 Å². The Morgan fingerprint density at radius 3 is 3.15 bits per heavy atom. The van der Waals surface area contributed by atoms with Crippen LogP contribution < -0.4 is 0 Å². The molecule has 0 unspecified atom stereocenters. The summed E-state index contributed by atoms with van der Waals surface area (Å²) in [5, 5.41) is 5.68. The number of hydrogen-bond acceptors (Lipinski definition) is 5. The molecule has 0 atom stereocenters. The van der Waals surface area contributed by atoms with Crippen molar-refractivity contribution in [3.8, 4) is 0 Å². The second-order valence-electron chi connectivity index (χ2n) is 2.52. The number of rotatable bonds is 3. The van der Waals surface area contributed by atoms with E-state index in [0.717, 1.165) is 21.5 Å². The van der Waals surface area contributed by atoms with E-state index in [9.17, 15) is 0 Å². The van der Waals surface area contributed by atoms with E-state index < -0.39 is 0 Å². The quantitative estimate of drug-likeness (QED) is 0.733. The van der Waals surface area contributed by atoms with Crippen molar-refractivity contribution >= 4 is 23.1 Å². The highest BCUT2D eigenvalue weighted by Crippen LogP contribution is 2.25. The fourth-order valence-electron chi connectivity index (χ4n) is 0.848. The first-order valence-electron chi connectivity index (χ1n) is 3.79. The van der Waals surface area contributed by atoms with Gasteiger partial charge in [0.2, 0.25) is 0 Å². The highest BCUT2D eigenvalue weighted by atomic mass is 32.2. The van der Waals surface area contributed by atoms with E-state index in [0.29, 0.717) is 0 Å². The summed E-state index contributed by atoms with van der Waals surface area (Å²) in [6.07, 6.45) is 1.66. The molecule has 0 spiro atoms. The molecular formula is C8H8N2OS2. The summed E-state index contributed by atoms with van der Waals surface area (Å²) in [7, 11) is 0. The Hall–Kier alpha value is -0.810. The number of nitrogens with zero attached hydrogens (tertiary/aromatic N) is 2. The summed E-state index contributed by atoms with van der Waals surface area (Å²) < 4.78 is 6.05. The van der Waals surface area contributed by atoms with Gasteiger partial charge in [-0.15, -0.1) is 11.3 Å². The van der Waals surface area contributed by atoms with Gasteiger partial charge in [-0.25, -0.2) is 4.98 Å². The molecule has 2 aromatic rings. The lowest BCUT2D eigenvalue weighted by Gasteiger charge is -1.90. The van der Waals surface area contributed by atoms with Crippen molar-refractivity contribution < 1.29 is 4.52 Å². The third kappa shape index (κ3) is 2.32. The average molecular weight is 212 g/mol. The van der Waals surface area contributed by atoms with E-state index in [1.165, 1.54) is 0 Å². The van der Waals surface area contributed by atoms with E-state index >= 15 is 0 Å². The Labute approximate surface area is 84.2 Å². The maximum absolute atomic E-state index is 4.97. The highest BCUT2D eigenvalue weighted by molar-refractivity contribution is 8.00. The zero-order valence-corrected chi connectivity index (χ0v) is 8.69. The molecule has 0 aliphatic rings. The summed E-state index contributed by atoms with van der Waals surface area (Å²) in [4.78, 5) is 4.33. The molecular weight excluding hydrogens is 204 g/mol. The molecule has 0 saturated heterocycles. The fraction of sp³-hybridized carbons (Fsp3) is 0.250. The Bertz CT molecular complexity index is 369. The molecule has 0 amide bonds. The van der Waals surface area contributed by atoms with E-state index in [1.807, 2.05) is 18.4 Å². The predicted octanol–water partition coefficient (Wildman–Crippen LogP) is 2.73. The molecule has 5 heteroatoms. The molecule has 0 aromatic carbocycles. The van der Waals surface area contributed by atoms with Gasteiger partial charge in [0.25, 0.3) is 0 Å². The third-order valence-electron chi connectivity index (χ3n) is 1.43. The average Bonchev–Trinajstić information content (AvgIpc) is 2.71. The maximum atomic E-state index is 4.97. The topological polar surface area (TPSA) is 38.9 Å². The SMILES string of the molecule is Cc1csc(SCc2ccno2)n1. The van der Waals surface area contributed by atoms with Crippen molar-refractivity contribution in [3.05, 3.63) is 29.1 Å². The Morgan fingerprint density at radius 2 is 2.54 bits per heavy atom. The molecule has 3 nitrogen and oxygen atoms in total. The molecule has 0 aliphatic heterocycles. The summed E-state index contributed by atoms with van der Waals surface area (Å²) in [6.45, 7) is 2.00. The summed E-state index contributed by atoms with van der Waals surface area (Å²) in [5.41, 5.74) is 1.07. The van der Waals surface area contributed by atoms with Crippen LogP contribution in [0.4, 0.5) is 0 Å². The number of hydrogen-bond donors (Lipinski definition) is 0. The van der Waals surface area contributed by atoms with Gasteiger partial charge in [-0.1, -0.05) is 16.9 Å². The number of aromatic nitrogens is 2. The van der Waals surface area contributed by atoms with E-state index in [1.54, 1.807) is 29.3 Å². The standard InChI is InChI=1S/C8H8N2OS2/c1-6-4-12-8(10-6)13-5-7-2-3-9-11-7/h2-4H,5H2,1H3. The van der Waals surface area contributed by atoms with E-state index in [4.69, 9.17) is 4.52 Å². The lowest BCUT2D eigenvalue weighted by atomic mass is 10.5. The van der Waals surface area contributed by atoms with Gasteiger partial charge in [0.1, 0.15) is 5.76 Å². The minimum Gasteiger partial charge on any atom is -0.361 e. The molecule has 0 bridgehead atoms. The van der Waals surface area contributed by atoms with Crippen LogP contribution in [-0.4, -0.2) is 10.1 Å². The third-order valence-corrected chi connectivity index (χ3v) is 3.59. The van der Waals surface area contributed by atoms with Gasteiger partial charge in [0.05, 0.1) is 11.9 Å². The molecule has 0 aliphatic carbocycles. The number of thiazole rings is 1. The molecule has 0 radical (unpaired) electrons. The van der Waals surface area contributed by atoms with Crippen LogP contribution >= 0.6 is 23.1 Å². The van der Waals surface area contributed by atoms with Crippen molar-refractivity contribution in [1.82, 2.24) is 10.1 Å². The van der Waals surface area contributed by atoms with Gasteiger partial charge >= 0.3 is 0 Å². The van der Waals surface area contributed by atoms with Gasteiger partial charge in [0.15, 0.2) is 4.34 Å². The second-order valence-corrected chi connectivity index (χ2v) is 4.60. The van der Waals surface area contributed by atoms with Gasteiger partial charge < -0.3 is 4.52 Å². The van der Waals surface area contributed by atoms with Crippen LogP contribution in [0.5, 0.6) is 0 Å². The molecule has 0 saturated carbocycles. The minimum absolute atomic E-state index is 0.799. The van der Waals surface area contributed by atoms with Crippen molar-refractivity contribution in [3.63, 3.8) is 0 Å². The molecule has 2 heterocycles. The zero-order valence-electron chi connectivity index (χ0n) is 7.06. The van der Waals surface area contributed by atoms with Crippen molar-refractivity contribution in [2.45, 2.75) is 17.0 Å². The molecule has 68 valence electrons. The van der Waals surface area contributed by atoms with Crippen molar-refractivity contribution in [2.75, 3.05) is 0 Å². The minimum atomic E-state index is 0.799. The molecule has 0 N–H and O–H groups in total. The molecule has 0 fully saturated rings. The Balaban J connectivity index is 1.93. The van der Waals surface area contributed by atoms with Crippen LogP contribution in [0.2, 0.25) is 0 Å². The second kappa shape index (κ2) is 3.93. The first-order valence-corrected chi connectivity index (χ1v) is 5.65. The van der Waals surface area contributed by atoms with Crippen molar-refractivity contribution in [1.29, 1.82) is 0 Å². The number of thioether (sulfide) groups is 1. The van der Waals surface area contributed by atoms with Crippen molar-refractivity contribution in [2.24, 2.45) is 0 Å². The summed E-state index contributed by atoms with van der Waals surface area (Å²) >= 11 is 3.33. The predicted molar refractivity (Wildman–Crippen MR) is 52.9 cm³/mol. The largest absolute Gasteiger partial charge is 0.361 e. The van der Waals surface area contributed by atoms with Gasteiger partial charge in [-0.2, -0.15) is 0 Å². The van der Waals surface area contributed by atoms with Gasteiger partial charge in [0, 0.05) is 17.1 Å². The van der Waals surface area contributed by atoms with Crippen LogP contribution in [0, 0.1) is 6.92 Å². The smallest absolute Gasteiger partial charge is 0.150 e. The first-order chi connectivity index (χ1) is 6.34. The summed E-state index contributed by atoms with van der Waals surface area (Å²) in [5.74, 6) is 1.69. The molecule has 2 rings (SSSR count). The Kier molecular flexibility index (Phi) is 2.65. The lowest BCUT2D eigenvalue weighted by Crippen LogP contribution is -1.75. The fourth-order valence-corrected chi connectivity index (χ4v) is 2.59. The maximum Gasteiger partial charge on any atom is 0.150 e. The van der Waals surface area contributed by atoms with Crippen LogP contribution in [-0.2, 0) is 5.75 Å². The van der Waals surface area contributed by atoms with Crippen LogP contribution in [0.3, 0.4) is 0 Å². The molecule has 13 heavy (non-hydrogen) atoms. The normalized spacial score (nSPS) is 10.5. The summed E-state index contributed by atoms with van der Waals surface area (Å²) in [6, 6.07) is 1.87. The van der Waals surface area contributed by atoms with Gasteiger partial charge in [-0.05, 0) is 6.92 Å². The Morgan fingerprint density at radius 1 is 1.62 bits per heavy atom. The lowest BCUT2D eigenvalue weighted by molar-refractivity contribution is 0.395. The van der Waals surface area contributed by atoms with E-state index in [-0.39, 0.29) is 0 Å².